The molecule has 1 fully saturated rings. The van der Waals surface area contributed by atoms with Crippen molar-refractivity contribution < 1.29 is 19.1 Å². The number of urea groups is 1. The summed E-state index contributed by atoms with van der Waals surface area (Å²) in [6.45, 7) is 3.99. The molecule has 1 aromatic carbocycles. The summed E-state index contributed by atoms with van der Waals surface area (Å²) in [6, 6.07) is 6.87. The molecule has 2 heterocycles. The number of para-hydroxylation sites is 1. The van der Waals surface area contributed by atoms with Crippen LogP contribution in [0.1, 0.15) is 51.1 Å². The second kappa shape index (κ2) is 7.35. The van der Waals surface area contributed by atoms with E-state index in [4.69, 9.17) is 4.74 Å². The van der Waals surface area contributed by atoms with E-state index in [-0.39, 0.29) is 24.4 Å². The number of hydrogen-bond donors (Lipinski definition) is 2. The molecule has 2 aliphatic heterocycles. The third-order valence-corrected chi connectivity index (χ3v) is 4.97. The number of imide groups is 1. The van der Waals surface area contributed by atoms with E-state index in [1.165, 1.54) is 0 Å². The molecule has 0 aliphatic carbocycles. The lowest BCUT2D eigenvalue weighted by Crippen LogP contribution is -2.45. The number of rotatable bonds is 6. The lowest BCUT2D eigenvalue weighted by molar-refractivity contribution is -0.135. The molecule has 7 heteroatoms. The highest BCUT2D eigenvalue weighted by Crippen LogP contribution is 2.31. The molecule has 1 saturated heterocycles. The Morgan fingerprint density at radius 3 is 2.92 bits per heavy atom. The number of hydrogen-bond acceptors (Lipinski definition) is 4. The molecule has 4 amide bonds. The van der Waals surface area contributed by atoms with Crippen molar-refractivity contribution in [2.24, 2.45) is 0 Å². The predicted octanol–water partition coefficient (Wildman–Crippen LogP) is 2.13. The molecule has 0 radical (unpaired) electrons. The van der Waals surface area contributed by atoms with E-state index in [0.29, 0.717) is 19.4 Å². The second-order valence-electron chi connectivity index (χ2n) is 7.05. The highest BCUT2D eigenvalue weighted by molar-refractivity contribution is 6.08. The first kappa shape index (κ1) is 18.2. The zero-order valence-corrected chi connectivity index (χ0v) is 15.2. The molecular weight excluding hydrogens is 334 g/mol. The van der Waals surface area contributed by atoms with Crippen molar-refractivity contribution in [2.75, 3.05) is 13.2 Å². The van der Waals surface area contributed by atoms with Gasteiger partial charge in [-0.15, -0.1) is 0 Å². The molecule has 2 aliphatic rings. The van der Waals surface area contributed by atoms with Gasteiger partial charge in [-0.1, -0.05) is 38.0 Å². The Morgan fingerprint density at radius 1 is 1.38 bits per heavy atom. The zero-order chi connectivity index (χ0) is 18.7. The van der Waals surface area contributed by atoms with Crippen molar-refractivity contribution in [1.82, 2.24) is 15.5 Å². The third-order valence-electron chi connectivity index (χ3n) is 4.97. The number of unbranched alkanes of at least 4 members (excludes halogenated alkanes) is 1. The molecule has 1 aromatic rings. The van der Waals surface area contributed by atoms with Crippen LogP contribution in [0.4, 0.5) is 4.79 Å². The lowest BCUT2D eigenvalue weighted by Gasteiger charge is -2.27. The molecule has 0 spiro atoms. The largest absolute Gasteiger partial charge is 0.493 e. The Balaban J connectivity index is 1.64. The fraction of sp³-hybridized carbons (Fsp3) is 0.526. The lowest BCUT2D eigenvalue weighted by atomic mass is 9.95. The van der Waals surface area contributed by atoms with Gasteiger partial charge in [-0.3, -0.25) is 14.5 Å². The first-order valence-corrected chi connectivity index (χ1v) is 9.10. The fourth-order valence-corrected chi connectivity index (χ4v) is 3.47. The standard InChI is InChI=1S/C19H25N3O4/c1-3-4-10-19(2)17(24)22(18(25)21-19)12-16(23)20-14-9-11-26-15-8-6-5-7-13(14)15/h5-8,14H,3-4,9-12H2,1-2H3,(H,20,23)(H,21,25)/t14-,19+/m1/s1. The van der Waals surface area contributed by atoms with Gasteiger partial charge >= 0.3 is 6.03 Å². The Kier molecular flexibility index (Phi) is 5.15. The van der Waals surface area contributed by atoms with Crippen molar-refractivity contribution >= 4 is 17.8 Å². The van der Waals surface area contributed by atoms with Gasteiger partial charge in [0, 0.05) is 12.0 Å². The number of carbonyl (C=O) groups is 3. The van der Waals surface area contributed by atoms with Crippen molar-refractivity contribution in [3.8, 4) is 5.75 Å². The van der Waals surface area contributed by atoms with Crippen LogP contribution in [0.5, 0.6) is 5.75 Å². The molecule has 2 atom stereocenters. The van der Waals surface area contributed by atoms with E-state index in [0.717, 1.165) is 29.1 Å². The van der Waals surface area contributed by atoms with Crippen LogP contribution in [0.15, 0.2) is 24.3 Å². The number of benzene rings is 1. The number of ether oxygens (including phenoxy) is 1. The van der Waals surface area contributed by atoms with Gasteiger partial charge in [0.05, 0.1) is 12.6 Å². The molecular formula is C19H25N3O4. The minimum Gasteiger partial charge on any atom is -0.493 e. The Morgan fingerprint density at radius 2 is 2.15 bits per heavy atom. The van der Waals surface area contributed by atoms with Crippen LogP contribution in [0.25, 0.3) is 0 Å². The molecule has 3 rings (SSSR count). The van der Waals surface area contributed by atoms with Gasteiger partial charge in [0.2, 0.25) is 5.91 Å². The first-order valence-electron chi connectivity index (χ1n) is 9.10. The Labute approximate surface area is 153 Å². The summed E-state index contributed by atoms with van der Waals surface area (Å²) in [4.78, 5) is 38.3. The van der Waals surface area contributed by atoms with E-state index in [2.05, 4.69) is 10.6 Å². The zero-order valence-electron chi connectivity index (χ0n) is 15.2. The van der Waals surface area contributed by atoms with Gasteiger partial charge in [-0.25, -0.2) is 4.79 Å². The van der Waals surface area contributed by atoms with Crippen LogP contribution in [0.3, 0.4) is 0 Å². The molecule has 7 nitrogen and oxygen atoms in total. The van der Waals surface area contributed by atoms with Crippen LogP contribution in [0.2, 0.25) is 0 Å². The van der Waals surface area contributed by atoms with Gasteiger partial charge < -0.3 is 15.4 Å². The van der Waals surface area contributed by atoms with Crippen LogP contribution in [-0.4, -0.2) is 41.4 Å². The smallest absolute Gasteiger partial charge is 0.325 e. The summed E-state index contributed by atoms with van der Waals surface area (Å²) >= 11 is 0. The maximum atomic E-state index is 12.6. The van der Waals surface area contributed by atoms with Crippen molar-refractivity contribution in [2.45, 2.75) is 51.1 Å². The fourth-order valence-electron chi connectivity index (χ4n) is 3.47. The summed E-state index contributed by atoms with van der Waals surface area (Å²) < 4.78 is 5.59. The Hall–Kier alpha value is -2.57. The van der Waals surface area contributed by atoms with Crippen LogP contribution in [-0.2, 0) is 9.59 Å². The van der Waals surface area contributed by atoms with E-state index in [9.17, 15) is 14.4 Å². The molecule has 26 heavy (non-hydrogen) atoms. The second-order valence-corrected chi connectivity index (χ2v) is 7.05. The van der Waals surface area contributed by atoms with Crippen LogP contribution in [0, 0.1) is 0 Å². The normalized spacial score (nSPS) is 24.7. The van der Waals surface area contributed by atoms with Crippen LogP contribution < -0.4 is 15.4 Å². The van der Waals surface area contributed by atoms with E-state index < -0.39 is 11.6 Å². The van der Waals surface area contributed by atoms with Gasteiger partial charge in [-0.05, 0) is 19.4 Å². The SMILES string of the molecule is CCCC[C@]1(C)NC(=O)N(CC(=O)N[C@@H]2CCOc3ccccc32)C1=O. The topological polar surface area (TPSA) is 87.7 Å². The van der Waals surface area contributed by atoms with Gasteiger partial charge in [0.25, 0.3) is 5.91 Å². The average Bonchev–Trinajstić information content (AvgIpc) is 2.84. The number of fused-ring (bicyclic) bond motifs is 1. The number of amides is 4. The number of carbonyl (C=O) groups excluding carboxylic acids is 3. The average molecular weight is 359 g/mol. The molecule has 0 unspecified atom stereocenters. The summed E-state index contributed by atoms with van der Waals surface area (Å²) in [7, 11) is 0. The maximum Gasteiger partial charge on any atom is 0.325 e. The monoisotopic (exact) mass is 359 g/mol. The van der Waals surface area contributed by atoms with Crippen LogP contribution >= 0.6 is 0 Å². The van der Waals surface area contributed by atoms with E-state index in [1.54, 1.807) is 6.92 Å². The number of nitrogens with one attached hydrogen (secondary N) is 2. The molecule has 0 bridgehead atoms. The van der Waals surface area contributed by atoms with Gasteiger partial charge in [0.15, 0.2) is 0 Å². The molecule has 0 aromatic heterocycles. The van der Waals surface area contributed by atoms with E-state index in [1.807, 2.05) is 31.2 Å². The molecule has 0 saturated carbocycles. The predicted molar refractivity (Wildman–Crippen MR) is 95.6 cm³/mol. The highest BCUT2D eigenvalue weighted by atomic mass is 16.5. The molecule has 2 N–H and O–H groups in total. The van der Waals surface area contributed by atoms with Crippen molar-refractivity contribution in [3.05, 3.63) is 29.8 Å². The Bertz CT molecular complexity index is 720. The van der Waals surface area contributed by atoms with Crippen molar-refractivity contribution in [1.29, 1.82) is 0 Å². The van der Waals surface area contributed by atoms with Gasteiger partial charge in [0.1, 0.15) is 17.8 Å². The summed E-state index contributed by atoms with van der Waals surface area (Å²) in [5, 5.41) is 5.65. The quantitative estimate of drug-likeness (QED) is 0.762. The van der Waals surface area contributed by atoms with E-state index >= 15 is 0 Å². The summed E-state index contributed by atoms with van der Waals surface area (Å²) in [6.07, 6.45) is 2.99. The van der Waals surface area contributed by atoms with Gasteiger partial charge in [-0.2, -0.15) is 0 Å². The maximum absolute atomic E-state index is 12.6. The molecule has 140 valence electrons. The number of nitrogens with zero attached hydrogens (tertiary/aromatic N) is 1. The highest BCUT2D eigenvalue weighted by Gasteiger charge is 2.47. The minimum absolute atomic E-state index is 0.181. The summed E-state index contributed by atoms with van der Waals surface area (Å²) in [5.41, 5.74) is -0.00404. The third kappa shape index (κ3) is 3.52. The van der Waals surface area contributed by atoms with Crippen molar-refractivity contribution in [3.63, 3.8) is 0 Å². The summed E-state index contributed by atoms with van der Waals surface area (Å²) in [5.74, 6) is 0.0691. The minimum atomic E-state index is -0.918. The first-order chi connectivity index (χ1) is 12.4.